The Morgan fingerprint density at radius 1 is 0.895 bits per heavy atom. The Balaban J connectivity index is 2.06. The Hall–Kier alpha value is -1.15. The lowest BCUT2D eigenvalue weighted by Gasteiger charge is -2.09. The summed E-state index contributed by atoms with van der Waals surface area (Å²) in [5.74, 6) is 0. The fourth-order valence-corrected chi connectivity index (χ4v) is 2.94. The van der Waals surface area contributed by atoms with Crippen LogP contribution in [-0.4, -0.2) is 4.57 Å². The van der Waals surface area contributed by atoms with Crippen molar-refractivity contribution in [1.29, 1.82) is 0 Å². The molecule has 0 unspecified atom stereocenters. The molecule has 1 heterocycles. The minimum absolute atomic E-state index is 0.643. The van der Waals surface area contributed by atoms with Gasteiger partial charge in [0.05, 0.1) is 10.5 Å². The molecule has 3 rings (SSSR count). The number of halogens is 3. The summed E-state index contributed by atoms with van der Waals surface area (Å²) in [5.41, 5.74) is 2.04. The first-order chi connectivity index (χ1) is 9.15. The van der Waals surface area contributed by atoms with Gasteiger partial charge in [0.25, 0.3) is 0 Å². The molecule has 96 valence electrons. The van der Waals surface area contributed by atoms with E-state index in [4.69, 9.17) is 34.8 Å². The number of fused-ring (bicyclic) bond motifs is 1. The van der Waals surface area contributed by atoms with E-state index in [1.165, 1.54) is 0 Å². The van der Waals surface area contributed by atoms with Crippen LogP contribution in [0.5, 0.6) is 0 Å². The first-order valence-electron chi connectivity index (χ1n) is 5.82. The topological polar surface area (TPSA) is 4.93 Å². The maximum absolute atomic E-state index is 6.26. The van der Waals surface area contributed by atoms with Crippen LogP contribution < -0.4 is 0 Å². The van der Waals surface area contributed by atoms with Crippen molar-refractivity contribution in [3.8, 4) is 0 Å². The molecule has 0 aliphatic rings. The van der Waals surface area contributed by atoms with Crippen LogP contribution >= 0.6 is 34.8 Å². The largest absolute Gasteiger partial charge is 0.342 e. The smallest absolute Gasteiger partial charge is 0.0672 e. The first kappa shape index (κ1) is 12.9. The molecule has 0 N–H and O–H groups in total. The molecule has 4 heteroatoms. The van der Waals surface area contributed by atoms with Gasteiger partial charge in [-0.05, 0) is 29.8 Å². The van der Waals surface area contributed by atoms with Gasteiger partial charge in [0, 0.05) is 28.2 Å². The Labute approximate surface area is 126 Å². The highest BCUT2D eigenvalue weighted by Gasteiger charge is 2.07. The maximum Gasteiger partial charge on any atom is 0.0672 e. The summed E-state index contributed by atoms with van der Waals surface area (Å²) in [6.07, 6.45) is 2.02. The molecule has 3 aromatic rings. The molecular formula is C15H10Cl3N. The molecule has 0 spiro atoms. The number of rotatable bonds is 2. The van der Waals surface area contributed by atoms with E-state index in [-0.39, 0.29) is 0 Å². The zero-order valence-electron chi connectivity index (χ0n) is 9.91. The van der Waals surface area contributed by atoms with Crippen molar-refractivity contribution in [2.45, 2.75) is 6.54 Å². The van der Waals surface area contributed by atoms with E-state index in [9.17, 15) is 0 Å². The van der Waals surface area contributed by atoms with E-state index in [0.29, 0.717) is 16.6 Å². The molecule has 0 radical (unpaired) electrons. The minimum Gasteiger partial charge on any atom is -0.342 e. The fourth-order valence-electron chi connectivity index (χ4n) is 2.18. The maximum atomic E-state index is 6.26. The molecule has 0 aliphatic heterocycles. The highest BCUT2D eigenvalue weighted by Crippen LogP contribution is 2.27. The average molecular weight is 311 g/mol. The average Bonchev–Trinajstić information content (AvgIpc) is 2.77. The van der Waals surface area contributed by atoms with Gasteiger partial charge < -0.3 is 4.57 Å². The zero-order chi connectivity index (χ0) is 13.4. The van der Waals surface area contributed by atoms with Crippen LogP contribution in [0.25, 0.3) is 10.9 Å². The lowest BCUT2D eigenvalue weighted by molar-refractivity contribution is 0.837. The molecule has 0 aliphatic carbocycles. The number of nitrogens with zero attached hydrogens (tertiary/aromatic N) is 1. The van der Waals surface area contributed by atoms with Crippen molar-refractivity contribution in [2.24, 2.45) is 0 Å². The summed E-state index contributed by atoms with van der Waals surface area (Å²) in [6.45, 7) is 0.670. The first-order valence-corrected chi connectivity index (χ1v) is 6.96. The summed E-state index contributed by atoms with van der Waals surface area (Å²) in [6, 6.07) is 13.5. The zero-order valence-corrected chi connectivity index (χ0v) is 12.2. The second-order valence-corrected chi connectivity index (χ2v) is 5.61. The van der Waals surface area contributed by atoms with Crippen molar-refractivity contribution in [3.63, 3.8) is 0 Å². The molecule has 2 aromatic carbocycles. The van der Waals surface area contributed by atoms with Gasteiger partial charge in [0.15, 0.2) is 0 Å². The predicted molar refractivity (Wildman–Crippen MR) is 82.5 cm³/mol. The van der Waals surface area contributed by atoms with Crippen molar-refractivity contribution in [1.82, 2.24) is 4.57 Å². The number of aromatic nitrogens is 1. The van der Waals surface area contributed by atoms with Crippen LogP contribution in [0, 0.1) is 0 Å². The molecule has 19 heavy (non-hydrogen) atoms. The quantitative estimate of drug-likeness (QED) is 0.576. The van der Waals surface area contributed by atoms with E-state index in [1.54, 1.807) is 6.07 Å². The number of hydrogen-bond acceptors (Lipinski definition) is 0. The third kappa shape index (κ3) is 2.46. The van der Waals surface area contributed by atoms with Gasteiger partial charge in [0.2, 0.25) is 0 Å². The van der Waals surface area contributed by atoms with Crippen LogP contribution in [0.15, 0.2) is 48.7 Å². The summed E-state index contributed by atoms with van der Waals surface area (Å²) in [4.78, 5) is 0. The summed E-state index contributed by atoms with van der Waals surface area (Å²) in [5, 5.41) is 3.18. The summed E-state index contributed by atoms with van der Waals surface area (Å²) < 4.78 is 2.09. The molecule has 0 amide bonds. The van der Waals surface area contributed by atoms with Crippen LogP contribution in [-0.2, 0) is 6.54 Å². The van der Waals surface area contributed by atoms with Gasteiger partial charge >= 0.3 is 0 Å². The van der Waals surface area contributed by atoms with Gasteiger partial charge in [-0.25, -0.2) is 0 Å². The van der Waals surface area contributed by atoms with Crippen LogP contribution in [0.1, 0.15) is 5.56 Å². The Morgan fingerprint density at radius 3 is 2.53 bits per heavy atom. The summed E-state index contributed by atoms with van der Waals surface area (Å²) in [7, 11) is 0. The lowest BCUT2D eigenvalue weighted by atomic mass is 10.2. The lowest BCUT2D eigenvalue weighted by Crippen LogP contribution is -1.98. The van der Waals surface area contributed by atoms with Gasteiger partial charge in [-0.2, -0.15) is 0 Å². The number of para-hydroxylation sites is 1. The molecule has 1 nitrogen and oxygen atoms in total. The SMILES string of the molecule is Clc1ccc(Cn2ccc3cccc(Cl)c32)c(Cl)c1. The van der Waals surface area contributed by atoms with E-state index >= 15 is 0 Å². The van der Waals surface area contributed by atoms with E-state index in [0.717, 1.165) is 21.5 Å². The molecule has 0 atom stereocenters. The van der Waals surface area contributed by atoms with Gasteiger partial charge in [-0.15, -0.1) is 0 Å². The summed E-state index contributed by atoms with van der Waals surface area (Å²) >= 11 is 18.4. The Kier molecular flexibility index (Phi) is 3.44. The van der Waals surface area contributed by atoms with Crippen molar-refractivity contribution in [3.05, 3.63) is 69.3 Å². The van der Waals surface area contributed by atoms with E-state index in [1.807, 2.05) is 42.6 Å². The molecule has 1 aromatic heterocycles. The molecular weight excluding hydrogens is 301 g/mol. The standard InChI is InChI=1S/C15H10Cl3N/c16-12-5-4-11(14(18)8-12)9-19-7-6-10-2-1-3-13(17)15(10)19/h1-8H,9H2. The molecule has 0 saturated heterocycles. The highest BCUT2D eigenvalue weighted by molar-refractivity contribution is 6.35. The van der Waals surface area contributed by atoms with Crippen LogP contribution in [0.2, 0.25) is 15.1 Å². The van der Waals surface area contributed by atoms with Gasteiger partial charge in [0.1, 0.15) is 0 Å². The third-order valence-corrected chi connectivity index (χ3v) is 3.99. The minimum atomic E-state index is 0.643. The van der Waals surface area contributed by atoms with Crippen molar-refractivity contribution < 1.29 is 0 Å². The van der Waals surface area contributed by atoms with E-state index < -0.39 is 0 Å². The van der Waals surface area contributed by atoms with Crippen molar-refractivity contribution in [2.75, 3.05) is 0 Å². The predicted octanol–water partition coefficient (Wildman–Crippen LogP) is 5.65. The van der Waals surface area contributed by atoms with Gasteiger partial charge in [-0.3, -0.25) is 0 Å². The molecule has 0 saturated carbocycles. The number of hydrogen-bond donors (Lipinski definition) is 0. The highest BCUT2D eigenvalue weighted by atomic mass is 35.5. The van der Waals surface area contributed by atoms with Gasteiger partial charge in [-0.1, -0.05) is 53.0 Å². The monoisotopic (exact) mass is 309 g/mol. The molecule has 0 fully saturated rings. The van der Waals surface area contributed by atoms with Crippen LogP contribution in [0.4, 0.5) is 0 Å². The van der Waals surface area contributed by atoms with Crippen LogP contribution in [0.3, 0.4) is 0 Å². The number of benzene rings is 2. The Morgan fingerprint density at radius 2 is 1.74 bits per heavy atom. The third-order valence-electron chi connectivity index (χ3n) is 3.10. The van der Waals surface area contributed by atoms with Crippen molar-refractivity contribution >= 4 is 45.7 Å². The second kappa shape index (κ2) is 5.09. The normalized spacial score (nSPS) is 11.1. The van der Waals surface area contributed by atoms with E-state index in [2.05, 4.69) is 4.57 Å². The molecule has 0 bridgehead atoms. The fraction of sp³-hybridized carbons (Fsp3) is 0.0667. The Bertz CT molecular complexity index is 746. The second-order valence-electron chi connectivity index (χ2n) is 4.36.